The van der Waals surface area contributed by atoms with Crippen molar-refractivity contribution in [3.05, 3.63) is 57.5 Å². The van der Waals surface area contributed by atoms with E-state index in [0.717, 1.165) is 33.5 Å². The monoisotopic (exact) mass is 381 g/mol. The minimum atomic E-state index is -0.0368. The van der Waals surface area contributed by atoms with Gasteiger partial charge >= 0.3 is 0 Å². The molecule has 2 aromatic heterocycles. The lowest BCUT2D eigenvalue weighted by Gasteiger charge is -2.27. The van der Waals surface area contributed by atoms with Crippen molar-refractivity contribution in [2.75, 3.05) is 13.2 Å². The second-order valence-corrected chi connectivity index (χ2v) is 8.12. The molecule has 27 heavy (non-hydrogen) atoms. The lowest BCUT2D eigenvalue weighted by Crippen LogP contribution is -2.38. The molecule has 138 valence electrons. The van der Waals surface area contributed by atoms with Gasteiger partial charge in [-0.3, -0.25) is 14.2 Å². The summed E-state index contributed by atoms with van der Waals surface area (Å²) in [5.74, 6) is 0.653. The molecule has 0 N–H and O–H groups in total. The number of fused-ring (bicyclic) bond motifs is 3. The van der Waals surface area contributed by atoms with E-state index in [2.05, 4.69) is 4.98 Å². The smallest absolute Gasteiger partial charge is 0.262 e. The third-order valence-corrected chi connectivity index (χ3v) is 6.31. The van der Waals surface area contributed by atoms with Crippen molar-refractivity contribution in [2.45, 2.75) is 31.8 Å². The zero-order valence-corrected chi connectivity index (χ0v) is 15.6. The van der Waals surface area contributed by atoms with Crippen LogP contribution in [0.1, 0.15) is 29.3 Å². The number of nitrogens with zero attached hydrogens (tertiary/aromatic N) is 3. The number of hydrogen-bond acceptors (Lipinski definition) is 5. The highest BCUT2D eigenvalue weighted by Crippen LogP contribution is 2.36. The minimum absolute atomic E-state index is 0.0248. The molecule has 1 aliphatic heterocycles. The lowest BCUT2D eigenvalue weighted by molar-refractivity contribution is -0.134. The zero-order valence-electron chi connectivity index (χ0n) is 14.8. The van der Waals surface area contributed by atoms with Crippen LogP contribution in [0.15, 0.2) is 41.5 Å². The van der Waals surface area contributed by atoms with E-state index >= 15 is 0 Å². The highest BCUT2D eigenvalue weighted by atomic mass is 32.1. The number of ether oxygens (including phenoxy) is 1. The molecule has 0 spiro atoms. The first-order chi connectivity index (χ1) is 13.2. The molecule has 0 saturated heterocycles. The number of thiophene rings is 1. The first-order valence-corrected chi connectivity index (χ1v) is 9.99. The zero-order chi connectivity index (χ0) is 18.4. The SMILES string of the molecule is O=C(COc1ccccc1)N1CCc2c(sc3ncn(C4CC4)c(=O)c23)C1. The average Bonchev–Trinajstić information content (AvgIpc) is 3.46. The topological polar surface area (TPSA) is 64.4 Å². The van der Waals surface area contributed by atoms with Gasteiger partial charge in [0.15, 0.2) is 6.61 Å². The van der Waals surface area contributed by atoms with Gasteiger partial charge in [-0.1, -0.05) is 18.2 Å². The molecule has 1 saturated carbocycles. The molecule has 0 bridgehead atoms. The fourth-order valence-electron chi connectivity index (χ4n) is 3.58. The van der Waals surface area contributed by atoms with Gasteiger partial charge < -0.3 is 9.64 Å². The molecule has 0 radical (unpaired) electrons. The number of rotatable bonds is 4. The molecule has 1 aromatic carbocycles. The summed E-state index contributed by atoms with van der Waals surface area (Å²) in [5.41, 5.74) is 1.16. The standard InChI is InChI=1S/C20H19N3O3S/c24-17(11-26-14-4-2-1-3-5-14)22-9-8-15-16(10-22)27-19-18(15)20(25)23(12-21-19)13-6-7-13/h1-5,12-13H,6-11H2. The van der Waals surface area contributed by atoms with Gasteiger partial charge in [-0.2, -0.15) is 0 Å². The van der Waals surface area contributed by atoms with Crippen LogP contribution < -0.4 is 10.3 Å². The Morgan fingerprint density at radius 1 is 1.26 bits per heavy atom. The van der Waals surface area contributed by atoms with Crippen molar-refractivity contribution in [2.24, 2.45) is 0 Å². The van der Waals surface area contributed by atoms with E-state index in [9.17, 15) is 9.59 Å². The van der Waals surface area contributed by atoms with Crippen molar-refractivity contribution in [3.8, 4) is 5.75 Å². The summed E-state index contributed by atoms with van der Waals surface area (Å²) in [6.07, 6.45) is 4.49. The highest BCUT2D eigenvalue weighted by molar-refractivity contribution is 7.18. The predicted molar refractivity (Wildman–Crippen MR) is 103 cm³/mol. The Morgan fingerprint density at radius 3 is 2.85 bits per heavy atom. The summed E-state index contributed by atoms with van der Waals surface area (Å²) in [7, 11) is 0. The van der Waals surface area contributed by atoms with Crippen molar-refractivity contribution in [1.82, 2.24) is 14.5 Å². The van der Waals surface area contributed by atoms with Crippen LogP contribution in [0.5, 0.6) is 5.75 Å². The first kappa shape index (κ1) is 16.5. The number of hydrogen-bond donors (Lipinski definition) is 0. The number of para-hydroxylation sites is 1. The summed E-state index contributed by atoms with van der Waals surface area (Å²) >= 11 is 1.53. The Bertz CT molecular complexity index is 1070. The molecule has 1 fully saturated rings. The maximum absolute atomic E-state index is 12.8. The molecule has 1 amide bonds. The first-order valence-electron chi connectivity index (χ1n) is 9.18. The Hall–Kier alpha value is -2.67. The van der Waals surface area contributed by atoms with Crippen LogP contribution in [-0.4, -0.2) is 33.5 Å². The lowest BCUT2D eigenvalue weighted by atomic mass is 10.1. The van der Waals surface area contributed by atoms with Crippen LogP contribution in [0.4, 0.5) is 0 Å². The normalized spacial score (nSPS) is 16.4. The number of benzene rings is 1. The number of carbonyl (C=O) groups excluding carboxylic acids is 1. The van der Waals surface area contributed by atoms with Crippen molar-refractivity contribution < 1.29 is 9.53 Å². The fraction of sp³-hybridized carbons (Fsp3) is 0.350. The fourth-order valence-corrected chi connectivity index (χ4v) is 4.77. The largest absolute Gasteiger partial charge is 0.484 e. The Labute approximate surface area is 160 Å². The van der Waals surface area contributed by atoms with Crippen LogP contribution >= 0.6 is 11.3 Å². The maximum atomic E-state index is 12.8. The molecule has 0 atom stereocenters. The van der Waals surface area contributed by atoms with E-state index in [-0.39, 0.29) is 18.1 Å². The van der Waals surface area contributed by atoms with E-state index < -0.39 is 0 Å². The van der Waals surface area contributed by atoms with Crippen LogP contribution in [-0.2, 0) is 17.8 Å². The van der Waals surface area contributed by atoms with Crippen molar-refractivity contribution in [3.63, 3.8) is 0 Å². The molecule has 3 aromatic rings. The number of carbonyl (C=O) groups is 1. The third-order valence-electron chi connectivity index (χ3n) is 5.18. The molecule has 2 aliphatic rings. The van der Waals surface area contributed by atoms with E-state index in [1.54, 1.807) is 15.8 Å². The van der Waals surface area contributed by atoms with E-state index in [1.165, 1.54) is 11.3 Å². The van der Waals surface area contributed by atoms with Gasteiger partial charge in [-0.05, 0) is 37.0 Å². The van der Waals surface area contributed by atoms with Gasteiger partial charge in [0.1, 0.15) is 10.6 Å². The Morgan fingerprint density at radius 2 is 2.07 bits per heavy atom. The van der Waals surface area contributed by atoms with Crippen LogP contribution in [0.3, 0.4) is 0 Å². The maximum Gasteiger partial charge on any atom is 0.262 e. The van der Waals surface area contributed by atoms with E-state index in [4.69, 9.17) is 4.74 Å². The number of aromatic nitrogens is 2. The highest BCUT2D eigenvalue weighted by Gasteiger charge is 2.29. The molecule has 0 unspecified atom stereocenters. The van der Waals surface area contributed by atoms with Crippen molar-refractivity contribution in [1.29, 1.82) is 0 Å². The summed E-state index contributed by atoms with van der Waals surface area (Å²) in [5, 5.41) is 0.761. The molecule has 6 nitrogen and oxygen atoms in total. The second kappa shape index (κ2) is 6.49. The summed E-state index contributed by atoms with van der Waals surface area (Å²) in [6.45, 7) is 1.15. The average molecular weight is 381 g/mol. The third kappa shape index (κ3) is 3.02. The van der Waals surface area contributed by atoms with Gasteiger partial charge in [0.2, 0.25) is 0 Å². The molecule has 5 rings (SSSR count). The Kier molecular flexibility index (Phi) is 3.97. The van der Waals surface area contributed by atoms with Crippen LogP contribution in [0.25, 0.3) is 10.2 Å². The minimum Gasteiger partial charge on any atom is -0.484 e. The van der Waals surface area contributed by atoms with E-state index in [0.29, 0.717) is 31.3 Å². The second-order valence-electron chi connectivity index (χ2n) is 7.04. The van der Waals surface area contributed by atoms with Gasteiger partial charge in [0, 0.05) is 17.5 Å². The molecule has 1 aliphatic carbocycles. The molecular formula is C20H19N3O3S. The Balaban J connectivity index is 1.36. The quantitative estimate of drug-likeness (QED) is 0.697. The van der Waals surface area contributed by atoms with Gasteiger partial charge in [0.25, 0.3) is 11.5 Å². The molecule has 7 heteroatoms. The van der Waals surface area contributed by atoms with Gasteiger partial charge in [-0.25, -0.2) is 4.98 Å². The predicted octanol–water partition coefficient (Wildman–Crippen LogP) is 2.76. The molecular weight excluding hydrogens is 362 g/mol. The molecule has 3 heterocycles. The van der Waals surface area contributed by atoms with E-state index in [1.807, 2.05) is 30.3 Å². The van der Waals surface area contributed by atoms with Gasteiger partial charge in [-0.15, -0.1) is 11.3 Å². The van der Waals surface area contributed by atoms with Crippen LogP contribution in [0, 0.1) is 0 Å². The van der Waals surface area contributed by atoms with Crippen LogP contribution in [0.2, 0.25) is 0 Å². The van der Waals surface area contributed by atoms with Crippen molar-refractivity contribution >= 4 is 27.5 Å². The number of amides is 1. The summed E-state index contributed by atoms with van der Waals surface area (Å²) in [6, 6.07) is 9.67. The van der Waals surface area contributed by atoms with Gasteiger partial charge in [0.05, 0.1) is 18.3 Å². The summed E-state index contributed by atoms with van der Waals surface area (Å²) in [4.78, 5) is 33.6. The summed E-state index contributed by atoms with van der Waals surface area (Å²) < 4.78 is 7.36.